The van der Waals surface area contributed by atoms with Gasteiger partial charge in [0.2, 0.25) is 5.95 Å². The molecule has 1 amide bonds. The van der Waals surface area contributed by atoms with E-state index in [0.717, 1.165) is 6.26 Å². The number of hydrogen-bond donors (Lipinski definition) is 1. The number of carbonyl (C=O) groups excluding carboxylic acids is 1. The lowest BCUT2D eigenvalue weighted by molar-refractivity contribution is 0.0949. The molecule has 0 saturated carbocycles. The lowest BCUT2D eigenvalue weighted by atomic mass is 10.2. The number of anilines is 1. The van der Waals surface area contributed by atoms with Crippen LogP contribution in [0.5, 0.6) is 0 Å². The first-order valence-electron chi connectivity index (χ1n) is 8.44. The van der Waals surface area contributed by atoms with Crippen molar-refractivity contribution < 1.29 is 13.2 Å². The van der Waals surface area contributed by atoms with Gasteiger partial charge in [-0.1, -0.05) is 23.2 Å². The van der Waals surface area contributed by atoms with Crippen LogP contribution in [-0.2, 0) is 16.4 Å². The molecule has 0 saturated heterocycles. The molecule has 30 heavy (non-hydrogen) atoms. The predicted molar refractivity (Wildman–Crippen MR) is 112 cm³/mol. The van der Waals surface area contributed by atoms with E-state index >= 15 is 0 Å². The third-order valence-corrected chi connectivity index (χ3v) is 5.33. The summed E-state index contributed by atoms with van der Waals surface area (Å²) >= 11 is 11.8. The highest BCUT2D eigenvalue weighted by Gasteiger charge is 2.18. The van der Waals surface area contributed by atoms with E-state index in [4.69, 9.17) is 23.2 Å². The van der Waals surface area contributed by atoms with Crippen LogP contribution in [0.1, 0.15) is 16.2 Å². The summed E-state index contributed by atoms with van der Waals surface area (Å²) < 4.78 is 25.0. The summed E-state index contributed by atoms with van der Waals surface area (Å²) in [5.41, 5.74) is 0.101. The van der Waals surface area contributed by atoms with Crippen molar-refractivity contribution >= 4 is 44.9 Å². The fraction of sp³-hybridized carbons (Fsp3) is 0.235. The molecule has 0 unspecified atom stereocenters. The Labute approximate surface area is 182 Å². The lowest BCUT2D eigenvalue weighted by Gasteiger charge is -2.08. The van der Waals surface area contributed by atoms with Gasteiger partial charge < -0.3 is 10.2 Å². The standard InChI is InChI=1S/C17H17Cl2N7O3S/c1-25(2)17-23-14(26(24-17)16-21-7-12(19)8-22-16)9-20-15(27)10-4-11(18)6-13(5-10)30(3,28)29/h4-8H,9H2,1-3H3,(H,20,27). The molecule has 0 radical (unpaired) electrons. The van der Waals surface area contributed by atoms with E-state index in [9.17, 15) is 13.2 Å². The minimum absolute atomic E-state index is 0.0214. The number of nitrogens with one attached hydrogen (secondary N) is 1. The fourth-order valence-electron chi connectivity index (χ4n) is 2.38. The minimum Gasteiger partial charge on any atom is -0.346 e. The highest BCUT2D eigenvalue weighted by atomic mass is 35.5. The quantitative estimate of drug-likeness (QED) is 0.578. The summed E-state index contributed by atoms with van der Waals surface area (Å²) in [7, 11) is 0.00993. The highest BCUT2D eigenvalue weighted by Crippen LogP contribution is 2.19. The second-order valence-electron chi connectivity index (χ2n) is 6.47. The zero-order valence-electron chi connectivity index (χ0n) is 16.2. The highest BCUT2D eigenvalue weighted by molar-refractivity contribution is 7.90. The average Bonchev–Trinajstić information content (AvgIpc) is 3.10. The number of rotatable bonds is 6. The van der Waals surface area contributed by atoms with Gasteiger partial charge in [0.1, 0.15) is 0 Å². The zero-order chi connectivity index (χ0) is 22.1. The third kappa shape index (κ3) is 5.04. The van der Waals surface area contributed by atoms with Gasteiger partial charge >= 0.3 is 0 Å². The van der Waals surface area contributed by atoms with Crippen LogP contribution in [0.15, 0.2) is 35.5 Å². The van der Waals surface area contributed by atoms with Crippen molar-refractivity contribution in [3.8, 4) is 5.95 Å². The van der Waals surface area contributed by atoms with E-state index in [2.05, 4.69) is 25.4 Å². The number of aromatic nitrogens is 5. The van der Waals surface area contributed by atoms with Gasteiger partial charge in [-0.05, 0) is 18.2 Å². The van der Waals surface area contributed by atoms with Gasteiger partial charge in [-0.3, -0.25) is 4.79 Å². The van der Waals surface area contributed by atoms with Crippen molar-refractivity contribution in [3.05, 3.63) is 52.0 Å². The van der Waals surface area contributed by atoms with Gasteiger partial charge in [-0.25, -0.2) is 18.4 Å². The van der Waals surface area contributed by atoms with Gasteiger partial charge in [0.05, 0.1) is 28.9 Å². The molecule has 1 aromatic carbocycles. The maximum Gasteiger partial charge on any atom is 0.252 e. The van der Waals surface area contributed by atoms with Crippen LogP contribution in [0.3, 0.4) is 0 Å². The minimum atomic E-state index is -3.52. The Morgan fingerprint density at radius 3 is 2.40 bits per heavy atom. The molecule has 2 aromatic heterocycles. The molecule has 2 heterocycles. The van der Waals surface area contributed by atoms with Crippen LogP contribution < -0.4 is 10.2 Å². The molecule has 1 N–H and O–H groups in total. The summed E-state index contributed by atoms with van der Waals surface area (Å²) in [5.74, 6) is 0.450. The molecule has 0 atom stereocenters. The van der Waals surface area contributed by atoms with Crippen molar-refractivity contribution in [2.75, 3.05) is 25.3 Å². The summed E-state index contributed by atoms with van der Waals surface area (Å²) in [6.07, 6.45) is 3.88. The molecule has 0 spiro atoms. The first-order valence-corrected chi connectivity index (χ1v) is 11.1. The largest absolute Gasteiger partial charge is 0.346 e. The van der Waals surface area contributed by atoms with Crippen molar-refractivity contribution in [2.45, 2.75) is 11.4 Å². The Morgan fingerprint density at radius 2 is 1.80 bits per heavy atom. The van der Waals surface area contributed by atoms with E-state index in [1.807, 2.05) is 0 Å². The number of benzene rings is 1. The molecule has 13 heteroatoms. The Morgan fingerprint density at radius 1 is 1.13 bits per heavy atom. The van der Waals surface area contributed by atoms with E-state index in [1.165, 1.54) is 35.3 Å². The Balaban J connectivity index is 1.88. The van der Waals surface area contributed by atoms with Gasteiger partial charge in [0.15, 0.2) is 15.7 Å². The molecule has 0 fully saturated rings. The Hall–Kier alpha value is -2.76. The van der Waals surface area contributed by atoms with Crippen LogP contribution in [0.2, 0.25) is 10.0 Å². The predicted octanol–water partition coefficient (Wildman–Crippen LogP) is 1.76. The van der Waals surface area contributed by atoms with Gasteiger partial charge in [-0.15, -0.1) is 5.10 Å². The van der Waals surface area contributed by atoms with Gasteiger partial charge in [-0.2, -0.15) is 9.67 Å². The SMILES string of the molecule is CN(C)c1nc(CNC(=O)c2cc(Cl)cc(S(C)(=O)=O)c2)n(-c2ncc(Cl)cn2)n1. The number of halogens is 2. The lowest BCUT2D eigenvalue weighted by Crippen LogP contribution is -2.25. The van der Waals surface area contributed by atoms with E-state index in [0.29, 0.717) is 16.8 Å². The number of nitrogens with zero attached hydrogens (tertiary/aromatic N) is 6. The molecule has 3 aromatic rings. The summed E-state index contributed by atoms with van der Waals surface area (Å²) in [6.45, 7) is -0.0214. The van der Waals surface area contributed by atoms with Crippen molar-refractivity contribution in [2.24, 2.45) is 0 Å². The van der Waals surface area contributed by atoms with E-state index in [-0.39, 0.29) is 28.0 Å². The monoisotopic (exact) mass is 469 g/mol. The molecule has 3 rings (SSSR count). The Bertz CT molecular complexity index is 1190. The van der Waals surface area contributed by atoms with Gasteiger partial charge in [0, 0.05) is 30.9 Å². The number of amides is 1. The molecule has 0 aliphatic carbocycles. The second kappa shape index (κ2) is 8.54. The molecule has 0 aliphatic heterocycles. The summed E-state index contributed by atoms with van der Waals surface area (Å²) in [5, 5.41) is 7.51. The number of carbonyl (C=O) groups is 1. The van der Waals surface area contributed by atoms with Crippen LogP contribution in [0.25, 0.3) is 5.95 Å². The van der Waals surface area contributed by atoms with Crippen LogP contribution in [-0.4, -0.2) is 59.4 Å². The van der Waals surface area contributed by atoms with Crippen LogP contribution >= 0.6 is 23.2 Å². The maximum absolute atomic E-state index is 12.6. The molecule has 10 nitrogen and oxygen atoms in total. The van der Waals surface area contributed by atoms with Crippen molar-refractivity contribution in [3.63, 3.8) is 0 Å². The molecular weight excluding hydrogens is 453 g/mol. The van der Waals surface area contributed by atoms with Crippen LogP contribution in [0, 0.1) is 0 Å². The van der Waals surface area contributed by atoms with Gasteiger partial charge in [0.25, 0.3) is 11.9 Å². The zero-order valence-corrected chi connectivity index (χ0v) is 18.5. The first-order chi connectivity index (χ1) is 14.0. The molecule has 0 bridgehead atoms. The smallest absolute Gasteiger partial charge is 0.252 e. The topological polar surface area (TPSA) is 123 Å². The first kappa shape index (κ1) is 21.9. The summed E-state index contributed by atoms with van der Waals surface area (Å²) in [4.78, 5) is 26.9. The molecule has 0 aliphatic rings. The number of hydrogen-bond acceptors (Lipinski definition) is 8. The number of sulfone groups is 1. The fourth-order valence-corrected chi connectivity index (χ4v) is 3.46. The second-order valence-corrected chi connectivity index (χ2v) is 9.35. The van der Waals surface area contributed by atoms with E-state index in [1.54, 1.807) is 19.0 Å². The van der Waals surface area contributed by atoms with Crippen LogP contribution in [0.4, 0.5) is 5.95 Å². The maximum atomic E-state index is 12.6. The average molecular weight is 470 g/mol. The molecule has 158 valence electrons. The summed E-state index contributed by atoms with van der Waals surface area (Å²) in [6, 6.07) is 3.92. The molecular formula is C17H17Cl2N7O3S. The van der Waals surface area contributed by atoms with E-state index < -0.39 is 15.7 Å². The normalized spacial score (nSPS) is 11.4. The van der Waals surface area contributed by atoms with Crippen molar-refractivity contribution in [1.29, 1.82) is 0 Å². The van der Waals surface area contributed by atoms with Crippen molar-refractivity contribution in [1.82, 2.24) is 30.0 Å². The Kier molecular flexibility index (Phi) is 6.25. The third-order valence-electron chi connectivity index (χ3n) is 3.83.